The first-order valence-electron chi connectivity index (χ1n) is 2.68. The molecule has 0 fully saturated rings. The number of rotatable bonds is 3. The van der Waals surface area contributed by atoms with Crippen molar-refractivity contribution in [2.75, 3.05) is 6.61 Å². The highest BCUT2D eigenvalue weighted by molar-refractivity contribution is 4.65. The number of aliphatic hydroxyl groups is 1. The molecule has 0 aromatic carbocycles. The summed E-state index contributed by atoms with van der Waals surface area (Å²) in [7, 11) is 0. The van der Waals surface area contributed by atoms with E-state index >= 15 is 0 Å². The van der Waals surface area contributed by atoms with Crippen molar-refractivity contribution in [2.24, 2.45) is 0 Å². The highest BCUT2D eigenvalue weighted by Crippen LogP contribution is 1.82. The normalized spacial score (nSPS) is 14.4. The Hall–Kier alpha value is -0.500. The van der Waals surface area contributed by atoms with Crippen molar-refractivity contribution in [3.8, 4) is 0 Å². The zero-order valence-electron chi connectivity index (χ0n) is 5.29. The number of hydrogen-bond acceptors (Lipinski definition) is 2. The molecule has 0 aliphatic rings. The van der Waals surface area contributed by atoms with Crippen LogP contribution in [0.4, 0.5) is 0 Å². The second-order valence-electron chi connectivity index (χ2n) is 1.65. The molecular weight excluding hydrogens is 104 g/mol. The van der Waals surface area contributed by atoms with Gasteiger partial charge in [-0.05, 0) is 13.8 Å². The summed E-state index contributed by atoms with van der Waals surface area (Å²) in [5.74, 6) is 0. The Balaban J connectivity index is 2.93. The SMILES string of the molecule is C/C=C\OCC(C)O. The van der Waals surface area contributed by atoms with Crippen LogP contribution in [-0.2, 0) is 4.74 Å². The summed E-state index contributed by atoms with van der Waals surface area (Å²) in [5.41, 5.74) is 0. The van der Waals surface area contributed by atoms with Gasteiger partial charge in [0.25, 0.3) is 0 Å². The van der Waals surface area contributed by atoms with Crippen molar-refractivity contribution in [1.29, 1.82) is 0 Å². The summed E-state index contributed by atoms with van der Waals surface area (Å²) in [6.45, 7) is 3.93. The molecule has 8 heavy (non-hydrogen) atoms. The summed E-state index contributed by atoms with van der Waals surface area (Å²) in [4.78, 5) is 0. The van der Waals surface area contributed by atoms with Crippen LogP contribution in [0.25, 0.3) is 0 Å². The van der Waals surface area contributed by atoms with Crippen LogP contribution in [-0.4, -0.2) is 17.8 Å². The quantitative estimate of drug-likeness (QED) is 0.555. The third kappa shape index (κ3) is 5.50. The van der Waals surface area contributed by atoms with Gasteiger partial charge in [-0.25, -0.2) is 0 Å². The van der Waals surface area contributed by atoms with Gasteiger partial charge in [0.1, 0.15) is 6.61 Å². The molecule has 1 unspecified atom stereocenters. The molecule has 0 saturated carbocycles. The zero-order valence-corrected chi connectivity index (χ0v) is 5.29. The van der Waals surface area contributed by atoms with Crippen LogP contribution in [0, 0.1) is 0 Å². The van der Waals surface area contributed by atoms with E-state index in [4.69, 9.17) is 9.84 Å². The van der Waals surface area contributed by atoms with Gasteiger partial charge < -0.3 is 9.84 Å². The van der Waals surface area contributed by atoms with Crippen molar-refractivity contribution < 1.29 is 9.84 Å². The molecule has 0 spiro atoms. The maximum Gasteiger partial charge on any atom is 0.113 e. The van der Waals surface area contributed by atoms with E-state index in [9.17, 15) is 0 Å². The summed E-state index contributed by atoms with van der Waals surface area (Å²) < 4.78 is 4.81. The van der Waals surface area contributed by atoms with Crippen molar-refractivity contribution >= 4 is 0 Å². The van der Waals surface area contributed by atoms with E-state index in [2.05, 4.69) is 0 Å². The molecule has 2 nitrogen and oxygen atoms in total. The molecule has 0 rings (SSSR count). The van der Waals surface area contributed by atoms with Crippen LogP contribution in [0.1, 0.15) is 13.8 Å². The summed E-state index contributed by atoms with van der Waals surface area (Å²) in [6, 6.07) is 0. The van der Waals surface area contributed by atoms with E-state index in [1.165, 1.54) is 0 Å². The van der Waals surface area contributed by atoms with Crippen molar-refractivity contribution in [3.05, 3.63) is 12.3 Å². The van der Waals surface area contributed by atoms with Crippen LogP contribution in [0.3, 0.4) is 0 Å². The fourth-order valence-electron chi connectivity index (χ4n) is 0.291. The fraction of sp³-hybridized carbons (Fsp3) is 0.667. The first-order valence-corrected chi connectivity index (χ1v) is 2.68. The summed E-state index contributed by atoms with van der Waals surface area (Å²) in [5, 5.41) is 8.62. The van der Waals surface area contributed by atoms with Crippen LogP contribution >= 0.6 is 0 Å². The minimum absolute atomic E-state index is 0.369. The largest absolute Gasteiger partial charge is 0.499 e. The van der Waals surface area contributed by atoms with E-state index in [0.717, 1.165) is 0 Å². The predicted molar refractivity (Wildman–Crippen MR) is 32.4 cm³/mol. The van der Waals surface area contributed by atoms with Crippen molar-refractivity contribution in [1.82, 2.24) is 0 Å². The molecule has 0 radical (unpaired) electrons. The van der Waals surface area contributed by atoms with Gasteiger partial charge in [-0.15, -0.1) is 0 Å². The molecule has 0 saturated heterocycles. The number of ether oxygens (including phenoxy) is 1. The second-order valence-corrected chi connectivity index (χ2v) is 1.65. The Morgan fingerprint density at radius 1 is 1.75 bits per heavy atom. The molecule has 0 aromatic rings. The number of allylic oxidation sites excluding steroid dienone is 1. The third-order valence-electron chi connectivity index (χ3n) is 0.570. The first-order chi connectivity index (χ1) is 3.77. The molecule has 0 amide bonds. The Kier molecular flexibility index (Phi) is 4.36. The van der Waals surface area contributed by atoms with Crippen LogP contribution in [0.5, 0.6) is 0 Å². The molecular formula is C6H12O2. The van der Waals surface area contributed by atoms with Gasteiger partial charge in [0.05, 0.1) is 12.4 Å². The number of hydrogen-bond donors (Lipinski definition) is 1. The van der Waals surface area contributed by atoms with Gasteiger partial charge in [-0.1, -0.05) is 6.08 Å². The molecule has 0 heterocycles. The van der Waals surface area contributed by atoms with Gasteiger partial charge in [0.2, 0.25) is 0 Å². The van der Waals surface area contributed by atoms with E-state index in [1.54, 1.807) is 19.3 Å². The van der Waals surface area contributed by atoms with Gasteiger partial charge in [-0.2, -0.15) is 0 Å². The van der Waals surface area contributed by atoms with Gasteiger partial charge >= 0.3 is 0 Å². The van der Waals surface area contributed by atoms with E-state index in [0.29, 0.717) is 6.61 Å². The topological polar surface area (TPSA) is 29.5 Å². The maximum atomic E-state index is 8.62. The van der Waals surface area contributed by atoms with Crippen LogP contribution in [0.2, 0.25) is 0 Å². The monoisotopic (exact) mass is 116 g/mol. The van der Waals surface area contributed by atoms with Gasteiger partial charge in [0, 0.05) is 0 Å². The molecule has 0 aliphatic heterocycles. The standard InChI is InChI=1S/C6H12O2/c1-3-4-8-5-6(2)7/h3-4,6-7H,5H2,1-2H3/b4-3-. The Bertz CT molecular complexity index is 66.9. The molecule has 0 aliphatic carbocycles. The minimum atomic E-state index is -0.369. The minimum Gasteiger partial charge on any atom is -0.499 e. The molecule has 1 N–H and O–H groups in total. The smallest absolute Gasteiger partial charge is 0.113 e. The second kappa shape index (κ2) is 4.65. The molecule has 0 aromatic heterocycles. The maximum absolute atomic E-state index is 8.62. The average Bonchev–Trinajstić information content (AvgIpc) is 1.66. The average molecular weight is 116 g/mol. The fourth-order valence-corrected chi connectivity index (χ4v) is 0.291. The lowest BCUT2D eigenvalue weighted by Crippen LogP contribution is -2.06. The Morgan fingerprint density at radius 3 is 2.75 bits per heavy atom. The predicted octanol–water partition coefficient (Wildman–Crippen LogP) is 0.917. The molecule has 1 atom stereocenters. The van der Waals surface area contributed by atoms with Crippen LogP contribution < -0.4 is 0 Å². The van der Waals surface area contributed by atoms with Crippen molar-refractivity contribution in [3.63, 3.8) is 0 Å². The Morgan fingerprint density at radius 2 is 2.38 bits per heavy atom. The third-order valence-corrected chi connectivity index (χ3v) is 0.570. The van der Waals surface area contributed by atoms with Gasteiger partial charge in [0.15, 0.2) is 0 Å². The van der Waals surface area contributed by atoms with E-state index < -0.39 is 0 Å². The van der Waals surface area contributed by atoms with Gasteiger partial charge in [-0.3, -0.25) is 0 Å². The summed E-state index contributed by atoms with van der Waals surface area (Å²) in [6.07, 6.45) is 2.97. The lowest BCUT2D eigenvalue weighted by atomic mass is 10.4. The first kappa shape index (κ1) is 7.50. The summed E-state index contributed by atoms with van der Waals surface area (Å²) >= 11 is 0. The Labute approximate surface area is 49.8 Å². The number of aliphatic hydroxyl groups excluding tert-OH is 1. The van der Waals surface area contributed by atoms with Crippen molar-refractivity contribution in [2.45, 2.75) is 20.0 Å². The lowest BCUT2D eigenvalue weighted by Gasteiger charge is -2.00. The molecule has 0 bridgehead atoms. The van der Waals surface area contributed by atoms with E-state index in [1.807, 2.05) is 6.92 Å². The molecule has 48 valence electrons. The lowest BCUT2D eigenvalue weighted by molar-refractivity contribution is 0.0975. The highest BCUT2D eigenvalue weighted by Gasteiger charge is 1.89. The van der Waals surface area contributed by atoms with E-state index in [-0.39, 0.29) is 6.10 Å². The molecule has 2 heteroatoms. The van der Waals surface area contributed by atoms with Crippen LogP contribution in [0.15, 0.2) is 12.3 Å². The zero-order chi connectivity index (χ0) is 6.41. The highest BCUT2D eigenvalue weighted by atomic mass is 16.5.